The molecule has 7 nitrogen and oxygen atoms in total. The number of nitrogens with one attached hydrogen (secondary N) is 1. The molecule has 0 fully saturated rings. The molecule has 1 aliphatic rings. The summed E-state index contributed by atoms with van der Waals surface area (Å²) in [5.41, 5.74) is 4.09. The predicted molar refractivity (Wildman–Crippen MR) is 139 cm³/mol. The lowest BCUT2D eigenvalue weighted by atomic mass is 9.86. The summed E-state index contributed by atoms with van der Waals surface area (Å²) >= 11 is 0. The Balaban J connectivity index is 2.10. The van der Waals surface area contributed by atoms with E-state index < -0.39 is 27.7 Å². The number of ether oxygens (including phenoxy) is 2. The molecule has 1 aliphatic heterocycles. The van der Waals surface area contributed by atoms with Crippen LogP contribution in [0.25, 0.3) is 11.1 Å². The highest BCUT2D eigenvalue weighted by Crippen LogP contribution is 2.50. The summed E-state index contributed by atoms with van der Waals surface area (Å²) in [4.78, 5) is 12.6. The largest absolute Gasteiger partial charge is 0.479 e. The van der Waals surface area contributed by atoms with Crippen LogP contribution < -0.4 is 9.46 Å². The Bertz CT molecular complexity index is 1470. The topological polar surface area (TPSA) is 102 Å². The molecule has 0 amide bonds. The van der Waals surface area contributed by atoms with Crippen LogP contribution >= 0.6 is 0 Å². The minimum atomic E-state index is -4.00. The number of aliphatic carboxylic acids is 1. The second kappa shape index (κ2) is 8.94. The van der Waals surface area contributed by atoms with Gasteiger partial charge < -0.3 is 14.6 Å². The quantitative estimate of drug-likeness (QED) is 0.420. The van der Waals surface area contributed by atoms with Crippen molar-refractivity contribution in [3.63, 3.8) is 0 Å². The lowest BCUT2D eigenvalue weighted by Crippen LogP contribution is -2.28. The highest BCUT2D eigenvalue weighted by Gasteiger charge is 2.37. The van der Waals surface area contributed by atoms with Crippen molar-refractivity contribution in [2.24, 2.45) is 0 Å². The number of carboxylic acid groups (broad SMARTS) is 1. The number of aryl methyl sites for hydroxylation is 2. The van der Waals surface area contributed by atoms with Gasteiger partial charge in [0.15, 0.2) is 11.9 Å². The third-order valence-corrected chi connectivity index (χ3v) is 7.50. The molecule has 0 aromatic heterocycles. The van der Waals surface area contributed by atoms with Gasteiger partial charge in [0.05, 0.1) is 11.3 Å². The van der Waals surface area contributed by atoms with E-state index in [1.807, 2.05) is 31.2 Å². The third kappa shape index (κ3) is 4.70. The van der Waals surface area contributed by atoms with Crippen LogP contribution in [-0.2, 0) is 19.6 Å². The number of hydrogen-bond acceptors (Lipinski definition) is 5. The molecule has 3 aromatic rings. The summed E-state index contributed by atoms with van der Waals surface area (Å²) in [6.45, 7) is 12.6. The van der Waals surface area contributed by atoms with E-state index in [4.69, 9.17) is 9.47 Å². The lowest BCUT2D eigenvalue weighted by molar-refractivity contribution is -0.160. The SMILES string of the molecule is Cc1ccc(-c2c(C)c3c(c(C)c2[C@H](OC(C)(C)C)C(=O)O)NS(=O)(=O)c2cc(C)ccc2O3)cc1. The maximum Gasteiger partial charge on any atom is 0.337 e. The summed E-state index contributed by atoms with van der Waals surface area (Å²) in [6.07, 6.45) is -1.34. The number of benzene rings is 3. The van der Waals surface area contributed by atoms with Gasteiger partial charge in [0, 0.05) is 11.1 Å². The van der Waals surface area contributed by atoms with E-state index in [0.29, 0.717) is 28.0 Å². The number of fused-ring (bicyclic) bond motifs is 2. The summed E-state index contributed by atoms with van der Waals surface area (Å²) in [6, 6.07) is 12.7. The van der Waals surface area contributed by atoms with Gasteiger partial charge in [0.25, 0.3) is 10.0 Å². The van der Waals surface area contributed by atoms with E-state index in [-0.39, 0.29) is 16.3 Å². The zero-order chi connectivity index (χ0) is 26.6. The second-order valence-corrected chi connectivity index (χ2v) is 11.9. The maximum absolute atomic E-state index is 13.4. The number of hydrogen-bond donors (Lipinski definition) is 2. The predicted octanol–water partition coefficient (Wildman–Crippen LogP) is 6.43. The number of anilines is 1. The molecule has 1 heterocycles. The summed E-state index contributed by atoms with van der Waals surface area (Å²) in [7, 11) is -4.00. The monoisotopic (exact) mass is 509 g/mol. The molecule has 0 aliphatic carbocycles. The maximum atomic E-state index is 13.4. The summed E-state index contributed by atoms with van der Waals surface area (Å²) < 4.78 is 41.7. The van der Waals surface area contributed by atoms with Crippen molar-refractivity contribution in [2.75, 3.05) is 4.72 Å². The molecule has 3 aromatic carbocycles. The molecule has 0 bridgehead atoms. The first-order valence-electron chi connectivity index (χ1n) is 11.7. The van der Waals surface area contributed by atoms with Crippen molar-refractivity contribution < 1.29 is 27.8 Å². The summed E-state index contributed by atoms with van der Waals surface area (Å²) in [5.74, 6) is -0.632. The third-order valence-electron chi connectivity index (χ3n) is 6.13. The number of rotatable bonds is 4. The summed E-state index contributed by atoms with van der Waals surface area (Å²) in [5, 5.41) is 10.3. The Morgan fingerprint density at radius 2 is 1.58 bits per heavy atom. The van der Waals surface area contributed by atoms with Crippen molar-refractivity contribution in [1.29, 1.82) is 0 Å². The fraction of sp³-hybridized carbons (Fsp3) is 0.321. The van der Waals surface area contributed by atoms with Gasteiger partial charge in [-0.3, -0.25) is 4.72 Å². The molecule has 0 spiro atoms. The van der Waals surface area contributed by atoms with E-state index in [1.54, 1.807) is 59.7 Å². The molecule has 36 heavy (non-hydrogen) atoms. The van der Waals surface area contributed by atoms with Crippen molar-refractivity contribution >= 4 is 21.7 Å². The van der Waals surface area contributed by atoms with Gasteiger partial charge in [0.2, 0.25) is 0 Å². The van der Waals surface area contributed by atoms with Gasteiger partial charge in [-0.05, 0) is 82.9 Å². The molecular weight excluding hydrogens is 478 g/mol. The van der Waals surface area contributed by atoms with Crippen LogP contribution in [0.5, 0.6) is 11.5 Å². The molecule has 8 heteroatoms. The van der Waals surface area contributed by atoms with Crippen molar-refractivity contribution in [3.05, 3.63) is 70.3 Å². The molecule has 190 valence electrons. The Morgan fingerprint density at radius 3 is 2.17 bits per heavy atom. The van der Waals surface area contributed by atoms with E-state index in [2.05, 4.69) is 4.72 Å². The van der Waals surface area contributed by atoms with Crippen molar-refractivity contribution in [1.82, 2.24) is 0 Å². The normalized spacial score (nSPS) is 15.1. The molecule has 0 saturated heterocycles. The van der Waals surface area contributed by atoms with Crippen molar-refractivity contribution in [3.8, 4) is 22.6 Å². The Hall–Kier alpha value is -3.36. The molecule has 2 N–H and O–H groups in total. The van der Waals surface area contributed by atoms with Crippen LogP contribution in [0, 0.1) is 27.7 Å². The Morgan fingerprint density at radius 1 is 0.972 bits per heavy atom. The first-order valence-corrected chi connectivity index (χ1v) is 13.1. The second-order valence-electron chi connectivity index (χ2n) is 10.2. The average molecular weight is 510 g/mol. The zero-order valence-electron chi connectivity index (χ0n) is 21.5. The lowest BCUT2D eigenvalue weighted by Gasteiger charge is -2.30. The Labute approximate surface area is 212 Å². The van der Waals surface area contributed by atoms with Crippen LogP contribution in [0.3, 0.4) is 0 Å². The average Bonchev–Trinajstić information content (AvgIpc) is 2.89. The molecule has 0 radical (unpaired) electrons. The number of carboxylic acids is 1. The highest BCUT2D eigenvalue weighted by atomic mass is 32.2. The number of carbonyl (C=O) groups is 1. The molecule has 0 unspecified atom stereocenters. The van der Waals surface area contributed by atoms with E-state index in [9.17, 15) is 18.3 Å². The minimum absolute atomic E-state index is 0.0247. The molecule has 4 rings (SSSR count). The number of sulfonamides is 1. The first-order chi connectivity index (χ1) is 16.7. The van der Waals surface area contributed by atoms with Gasteiger partial charge in [-0.15, -0.1) is 0 Å². The molecule has 1 atom stereocenters. The first kappa shape index (κ1) is 25.7. The van der Waals surface area contributed by atoms with Gasteiger partial charge in [-0.2, -0.15) is 0 Å². The zero-order valence-corrected chi connectivity index (χ0v) is 22.3. The van der Waals surface area contributed by atoms with Crippen molar-refractivity contribution in [2.45, 2.75) is 65.1 Å². The fourth-order valence-corrected chi connectivity index (χ4v) is 5.80. The minimum Gasteiger partial charge on any atom is -0.479 e. The van der Waals surface area contributed by atoms with Crippen LogP contribution in [0.2, 0.25) is 0 Å². The van der Waals surface area contributed by atoms with Gasteiger partial charge in [-0.1, -0.05) is 35.9 Å². The smallest absolute Gasteiger partial charge is 0.337 e. The van der Waals surface area contributed by atoms with E-state index in [0.717, 1.165) is 16.7 Å². The van der Waals surface area contributed by atoms with E-state index >= 15 is 0 Å². The fourth-order valence-electron chi connectivity index (χ4n) is 4.46. The van der Waals surface area contributed by atoms with Gasteiger partial charge in [0.1, 0.15) is 10.6 Å². The van der Waals surface area contributed by atoms with Crippen LogP contribution in [-0.4, -0.2) is 25.1 Å². The van der Waals surface area contributed by atoms with Crippen LogP contribution in [0.15, 0.2) is 47.4 Å². The highest BCUT2D eigenvalue weighted by molar-refractivity contribution is 7.92. The molecular formula is C28H31NO6S. The standard InChI is InChI=1S/C28H31NO6S/c1-15-8-11-19(12-9-15)22-18(4)25-24(17(3)23(22)26(27(30)31)35-28(5,6)7)29-36(32,33)21-14-16(2)10-13-20(21)34-25/h8-14,26,29H,1-7H3,(H,30,31)/t26-/m0/s1. The van der Waals surface area contributed by atoms with Crippen LogP contribution in [0.1, 0.15) is 54.7 Å². The molecule has 0 saturated carbocycles. The van der Waals surface area contributed by atoms with Gasteiger partial charge >= 0.3 is 5.97 Å². The van der Waals surface area contributed by atoms with Gasteiger partial charge in [-0.25, -0.2) is 13.2 Å². The Kier molecular flexibility index (Phi) is 6.39. The van der Waals surface area contributed by atoms with Crippen LogP contribution in [0.4, 0.5) is 5.69 Å². The van der Waals surface area contributed by atoms with E-state index in [1.165, 1.54) is 0 Å².